The molecule has 0 aliphatic heterocycles. The lowest BCUT2D eigenvalue weighted by Gasteiger charge is -2.18. The van der Waals surface area contributed by atoms with Crippen LogP contribution in [-0.2, 0) is 11.3 Å². The second-order valence-corrected chi connectivity index (χ2v) is 6.90. The summed E-state index contributed by atoms with van der Waals surface area (Å²) >= 11 is 1.14. The van der Waals surface area contributed by atoms with Gasteiger partial charge in [0.25, 0.3) is 5.22 Å². The Bertz CT molecular complexity index is 867. The van der Waals surface area contributed by atoms with Gasteiger partial charge in [0.1, 0.15) is 25.0 Å². The smallest absolute Gasteiger partial charge is 0.277 e. The molecule has 0 saturated heterocycles. The van der Waals surface area contributed by atoms with E-state index in [1.807, 2.05) is 13.8 Å². The second kappa shape index (κ2) is 8.09. The Morgan fingerprint density at radius 3 is 2.85 bits per heavy atom. The quantitative estimate of drug-likeness (QED) is 0.633. The maximum Gasteiger partial charge on any atom is 0.277 e. The van der Waals surface area contributed by atoms with E-state index in [4.69, 9.17) is 4.42 Å². The van der Waals surface area contributed by atoms with Crippen molar-refractivity contribution in [2.45, 2.75) is 30.9 Å². The average molecular weight is 376 g/mol. The van der Waals surface area contributed by atoms with Crippen LogP contribution in [0, 0.1) is 11.7 Å². The number of carbonyl (C=O) groups is 1. The highest BCUT2D eigenvalue weighted by molar-refractivity contribution is 8.00. The van der Waals surface area contributed by atoms with Crippen molar-refractivity contribution in [2.75, 3.05) is 5.32 Å². The van der Waals surface area contributed by atoms with Gasteiger partial charge in [-0.15, -0.1) is 10.2 Å². The maximum absolute atomic E-state index is 13.7. The lowest BCUT2D eigenvalue weighted by atomic mass is 10.1. The summed E-state index contributed by atoms with van der Waals surface area (Å²) in [5, 5.41) is 14.2. The second-order valence-electron chi connectivity index (χ2n) is 5.81. The lowest BCUT2D eigenvalue weighted by molar-refractivity contribution is -0.116. The molecule has 1 unspecified atom stereocenters. The summed E-state index contributed by atoms with van der Waals surface area (Å²) in [5.41, 5.74) is 0.140. The number of hydrogen-bond donors (Lipinski definition) is 1. The van der Waals surface area contributed by atoms with E-state index in [9.17, 15) is 9.18 Å². The summed E-state index contributed by atoms with van der Waals surface area (Å²) in [6.45, 7) is 4.08. The van der Waals surface area contributed by atoms with Crippen LogP contribution in [0.25, 0.3) is 0 Å². The molecule has 8 nitrogen and oxygen atoms in total. The summed E-state index contributed by atoms with van der Waals surface area (Å²) in [6.07, 6.45) is 2.95. The number of halogens is 1. The molecule has 1 N–H and O–H groups in total. The van der Waals surface area contributed by atoms with E-state index in [1.54, 1.807) is 16.8 Å². The topological polar surface area (TPSA) is 98.7 Å². The van der Waals surface area contributed by atoms with Gasteiger partial charge in [0.2, 0.25) is 11.8 Å². The third-order valence-electron chi connectivity index (χ3n) is 3.44. The zero-order valence-electron chi connectivity index (χ0n) is 14.2. The number of aromatic nitrogens is 5. The van der Waals surface area contributed by atoms with Gasteiger partial charge in [-0.2, -0.15) is 5.10 Å². The normalized spacial score (nSPS) is 12.3. The Hall–Kier alpha value is -2.75. The lowest BCUT2D eigenvalue weighted by Crippen LogP contribution is -2.29. The number of carbonyl (C=O) groups excluding carboxylic acids is 1. The first-order valence-electron chi connectivity index (χ1n) is 7.90. The summed E-state index contributed by atoms with van der Waals surface area (Å²) in [5.74, 6) is -0.486. The first kappa shape index (κ1) is 18.1. The van der Waals surface area contributed by atoms with Crippen molar-refractivity contribution in [2.24, 2.45) is 5.92 Å². The van der Waals surface area contributed by atoms with Crippen molar-refractivity contribution in [3.05, 3.63) is 48.6 Å². The van der Waals surface area contributed by atoms with Gasteiger partial charge in [0.15, 0.2) is 0 Å². The number of nitrogens with zero attached hydrogens (tertiary/aromatic N) is 5. The molecule has 3 rings (SSSR count). The van der Waals surface area contributed by atoms with Gasteiger partial charge in [0, 0.05) is 0 Å². The molecular weight excluding hydrogens is 359 g/mol. The van der Waals surface area contributed by atoms with Crippen LogP contribution in [0.5, 0.6) is 0 Å². The number of benzene rings is 1. The third kappa shape index (κ3) is 4.45. The molecule has 1 atom stereocenters. The van der Waals surface area contributed by atoms with Crippen LogP contribution in [0.1, 0.15) is 19.7 Å². The summed E-state index contributed by atoms with van der Waals surface area (Å²) < 4.78 is 20.9. The molecule has 2 aromatic heterocycles. The van der Waals surface area contributed by atoms with E-state index < -0.39 is 11.1 Å². The molecule has 0 radical (unpaired) electrons. The Labute approximate surface area is 153 Å². The van der Waals surface area contributed by atoms with Crippen LogP contribution in [0.15, 0.2) is 46.6 Å². The fraction of sp³-hybridized carbons (Fsp3) is 0.312. The number of hydrogen-bond acceptors (Lipinski definition) is 7. The van der Waals surface area contributed by atoms with Crippen LogP contribution < -0.4 is 5.32 Å². The summed E-state index contributed by atoms with van der Waals surface area (Å²) in [6, 6.07) is 6.03. The molecule has 1 aromatic carbocycles. The predicted octanol–water partition coefficient (Wildman–Crippen LogP) is 2.60. The Morgan fingerprint density at radius 1 is 1.35 bits per heavy atom. The van der Waals surface area contributed by atoms with E-state index in [1.165, 1.54) is 24.8 Å². The number of para-hydroxylation sites is 1. The number of nitrogens with one attached hydrogen (secondary N) is 1. The maximum atomic E-state index is 13.7. The van der Waals surface area contributed by atoms with Crippen LogP contribution in [0.3, 0.4) is 0 Å². The fourth-order valence-corrected chi connectivity index (χ4v) is 3.06. The molecule has 0 spiro atoms. The standard InChI is InChI=1S/C16H17FN6O2S/c1-10(2)14(15(24)20-12-6-4-3-5-11(12)17)26-16-22-21-13(25-16)7-23-9-18-8-19-23/h3-6,8-10,14H,7H2,1-2H3,(H,20,24). The highest BCUT2D eigenvalue weighted by atomic mass is 32.2. The zero-order chi connectivity index (χ0) is 18.5. The molecule has 1 amide bonds. The van der Waals surface area contributed by atoms with Crippen LogP contribution in [-0.4, -0.2) is 36.1 Å². The first-order chi connectivity index (χ1) is 12.5. The van der Waals surface area contributed by atoms with Gasteiger partial charge in [-0.3, -0.25) is 4.79 Å². The number of anilines is 1. The Morgan fingerprint density at radius 2 is 2.15 bits per heavy atom. The minimum atomic E-state index is -0.519. The molecule has 0 fully saturated rings. The fourth-order valence-electron chi connectivity index (χ4n) is 2.17. The highest BCUT2D eigenvalue weighted by Gasteiger charge is 2.27. The average Bonchev–Trinajstić information content (AvgIpc) is 3.27. The molecular formula is C16H17FN6O2S. The molecule has 0 aliphatic rings. The monoisotopic (exact) mass is 376 g/mol. The van der Waals surface area contributed by atoms with Gasteiger partial charge in [-0.1, -0.05) is 37.7 Å². The van der Waals surface area contributed by atoms with Crippen molar-refractivity contribution in [3.63, 3.8) is 0 Å². The molecule has 26 heavy (non-hydrogen) atoms. The van der Waals surface area contributed by atoms with Crippen molar-refractivity contribution in [1.82, 2.24) is 25.0 Å². The van der Waals surface area contributed by atoms with Crippen LogP contribution >= 0.6 is 11.8 Å². The van der Waals surface area contributed by atoms with E-state index >= 15 is 0 Å². The third-order valence-corrected chi connectivity index (χ3v) is 4.81. The number of rotatable bonds is 7. The van der Waals surface area contributed by atoms with Crippen molar-refractivity contribution >= 4 is 23.4 Å². The largest absolute Gasteiger partial charge is 0.414 e. The summed E-state index contributed by atoms with van der Waals surface area (Å²) in [4.78, 5) is 16.4. The van der Waals surface area contributed by atoms with Gasteiger partial charge in [0.05, 0.1) is 10.9 Å². The van der Waals surface area contributed by atoms with Crippen molar-refractivity contribution in [1.29, 1.82) is 0 Å². The van der Waals surface area contributed by atoms with Gasteiger partial charge in [-0.05, 0) is 18.1 Å². The number of amides is 1. The molecule has 3 aromatic rings. The van der Waals surface area contributed by atoms with Crippen molar-refractivity contribution in [3.8, 4) is 0 Å². The molecule has 0 bridgehead atoms. The Balaban J connectivity index is 1.67. The molecule has 10 heteroatoms. The van der Waals surface area contributed by atoms with Gasteiger partial charge in [-0.25, -0.2) is 14.1 Å². The van der Waals surface area contributed by atoms with E-state index in [2.05, 4.69) is 25.6 Å². The van der Waals surface area contributed by atoms with E-state index in [0.717, 1.165) is 11.8 Å². The molecule has 0 saturated carbocycles. The minimum absolute atomic E-state index is 0.0301. The predicted molar refractivity (Wildman–Crippen MR) is 92.9 cm³/mol. The SMILES string of the molecule is CC(C)C(Sc1nnc(Cn2cncn2)o1)C(=O)Nc1ccccc1F. The highest BCUT2D eigenvalue weighted by Crippen LogP contribution is 2.28. The van der Waals surface area contributed by atoms with E-state index in [-0.39, 0.29) is 22.7 Å². The zero-order valence-corrected chi connectivity index (χ0v) is 15.0. The molecule has 2 heterocycles. The van der Waals surface area contributed by atoms with Gasteiger partial charge >= 0.3 is 0 Å². The van der Waals surface area contributed by atoms with Crippen LogP contribution in [0.2, 0.25) is 0 Å². The first-order valence-corrected chi connectivity index (χ1v) is 8.77. The molecule has 0 aliphatic carbocycles. The van der Waals surface area contributed by atoms with Crippen molar-refractivity contribution < 1.29 is 13.6 Å². The van der Waals surface area contributed by atoms with E-state index in [0.29, 0.717) is 12.4 Å². The summed E-state index contributed by atoms with van der Waals surface area (Å²) in [7, 11) is 0. The van der Waals surface area contributed by atoms with Gasteiger partial charge < -0.3 is 9.73 Å². The van der Waals surface area contributed by atoms with Crippen LogP contribution in [0.4, 0.5) is 10.1 Å². The number of thioether (sulfide) groups is 1. The minimum Gasteiger partial charge on any atom is -0.414 e. The molecule has 136 valence electrons. The Kier molecular flexibility index (Phi) is 5.61.